The molecule has 2 aromatic rings. The second kappa shape index (κ2) is 6.65. The molecule has 5 heteroatoms. The van der Waals surface area contributed by atoms with Gasteiger partial charge in [0, 0.05) is 12.2 Å². The van der Waals surface area contributed by atoms with Crippen LogP contribution in [-0.2, 0) is 14.6 Å². The largest absolute Gasteiger partial charge is 0.355 e. The average Bonchev–Trinajstić information content (AvgIpc) is 2.53. The molecule has 0 amide bonds. The van der Waals surface area contributed by atoms with E-state index in [1.165, 1.54) is 12.1 Å². The maximum absolute atomic E-state index is 12.6. The molecule has 0 saturated heterocycles. The van der Waals surface area contributed by atoms with Crippen LogP contribution in [0.3, 0.4) is 0 Å². The molecule has 2 rings (SSSR count). The van der Waals surface area contributed by atoms with E-state index in [-0.39, 0.29) is 11.5 Å². The summed E-state index contributed by atoms with van der Waals surface area (Å²) < 4.78 is 30.4. The van der Waals surface area contributed by atoms with Crippen LogP contribution in [0.1, 0.15) is 17.3 Å². The molecular weight excluding hydrogens is 288 g/mol. The van der Waals surface area contributed by atoms with Crippen molar-refractivity contribution < 1.29 is 17.9 Å². The highest BCUT2D eigenvalue weighted by Crippen LogP contribution is 2.20. The van der Waals surface area contributed by atoms with Gasteiger partial charge in [-0.05, 0) is 19.1 Å². The van der Waals surface area contributed by atoms with Gasteiger partial charge < -0.3 is 4.74 Å². The van der Waals surface area contributed by atoms with Gasteiger partial charge in [0.15, 0.2) is 0 Å². The second-order valence-corrected chi connectivity index (χ2v) is 6.37. The van der Waals surface area contributed by atoms with Gasteiger partial charge in [0.2, 0.25) is 21.1 Å². The molecule has 0 fully saturated rings. The predicted molar refractivity (Wildman–Crippen MR) is 79.8 cm³/mol. The van der Waals surface area contributed by atoms with Gasteiger partial charge >= 0.3 is 0 Å². The third-order valence-electron chi connectivity index (χ3n) is 2.94. The zero-order valence-electron chi connectivity index (χ0n) is 11.6. The van der Waals surface area contributed by atoms with Crippen molar-refractivity contribution in [1.29, 1.82) is 0 Å². The van der Waals surface area contributed by atoms with Crippen LogP contribution in [0.5, 0.6) is 0 Å². The molecule has 0 saturated carbocycles. The minimum atomic E-state index is -3.88. The Morgan fingerprint density at radius 3 is 2.05 bits per heavy atom. The van der Waals surface area contributed by atoms with E-state index in [0.717, 1.165) is 0 Å². The van der Waals surface area contributed by atoms with Crippen molar-refractivity contribution in [2.45, 2.75) is 17.3 Å². The van der Waals surface area contributed by atoms with Gasteiger partial charge in [-0.3, -0.25) is 4.79 Å². The summed E-state index contributed by atoms with van der Waals surface area (Å²) in [7, 11) is -3.88. The number of hydrogen-bond donors (Lipinski definition) is 0. The number of hydrogen-bond acceptors (Lipinski definition) is 4. The number of ketones is 1. The number of carbonyl (C=O) groups is 1. The van der Waals surface area contributed by atoms with Gasteiger partial charge in [0.05, 0.1) is 4.90 Å². The number of sulfone groups is 1. The minimum absolute atomic E-state index is 0.0766. The Balaban J connectivity index is 2.42. The van der Waals surface area contributed by atoms with Crippen molar-refractivity contribution in [3.05, 3.63) is 66.2 Å². The van der Waals surface area contributed by atoms with E-state index < -0.39 is 21.1 Å². The van der Waals surface area contributed by atoms with Crippen LogP contribution in [0, 0.1) is 0 Å². The quantitative estimate of drug-likeness (QED) is 0.770. The average molecular weight is 304 g/mol. The third kappa shape index (κ3) is 3.37. The SMILES string of the molecule is CCOC(C(=O)c1ccccc1)S(=O)(=O)c1ccccc1. The highest BCUT2D eigenvalue weighted by atomic mass is 32.2. The molecule has 0 spiro atoms. The number of carbonyl (C=O) groups excluding carboxylic acids is 1. The fourth-order valence-corrected chi connectivity index (χ4v) is 3.45. The fraction of sp³-hybridized carbons (Fsp3) is 0.188. The van der Waals surface area contributed by atoms with E-state index in [0.29, 0.717) is 5.56 Å². The smallest absolute Gasteiger partial charge is 0.226 e. The number of benzene rings is 2. The molecule has 0 heterocycles. The minimum Gasteiger partial charge on any atom is -0.355 e. The molecule has 1 unspecified atom stereocenters. The Labute approximate surface area is 124 Å². The molecule has 0 bridgehead atoms. The maximum Gasteiger partial charge on any atom is 0.226 e. The summed E-state index contributed by atoms with van der Waals surface area (Å²) in [4.78, 5) is 12.5. The monoisotopic (exact) mass is 304 g/mol. The van der Waals surface area contributed by atoms with Gasteiger partial charge in [-0.25, -0.2) is 8.42 Å². The lowest BCUT2D eigenvalue weighted by Gasteiger charge is -2.16. The molecule has 110 valence electrons. The van der Waals surface area contributed by atoms with Crippen LogP contribution >= 0.6 is 0 Å². The van der Waals surface area contributed by atoms with Crippen molar-refractivity contribution in [2.24, 2.45) is 0 Å². The Morgan fingerprint density at radius 1 is 1.00 bits per heavy atom. The van der Waals surface area contributed by atoms with Crippen molar-refractivity contribution in [3.63, 3.8) is 0 Å². The third-order valence-corrected chi connectivity index (χ3v) is 4.79. The topological polar surface area (TPSA) is 60.4 Å². The first kappa shape index (κ1) is 15.4. The first-order valence-corrected chi connectivity index (χ1v) is 8.12. The highest BCUT2D eigenvalue weighted by Gasteiger charge is 2.35. The Bertz CT molecular complexity index is 694. The summed E-state index contributed by atoms with van der Waals surface area (Å²) in [5, 5.41) is 0. The van der Waals surface area contributed by atoms with E-state index in [4.69, 9.17) is 4.74 Å². The van der Waals surface area contributed by atoms with E-state index in [2.05, 4.69) is 0 Å². The van der Waals surface area contributed by atoms with Crippen molar-refractivity contribution in [2.75, 3.05) is 6.61 Å². The van der Waals surface area contributed by atoms with Crippen LogP contribution in [-0.4, -0.2) is 26.2 Å². The Hall–Kier alpha value is -1.98. The first-order chi connectivity index (χ1) is 10.1. The fourth-order valence-electron chi connectivity index (χ4n) is 1.93. The number of Topliss-reactive ketones (excluding diaryl/α,β-unsaturated/α-hetero) is 1. The first-order valence-electron chi connectivity index (χ1n) is 6.57. The van der Waals surface area contributed by atoms with Crippen molar-refractivity contribution in [1.82, 2.24) is 0 Å². The van der Waals surface area contributed by atoms with Gasteiger partial charge in [-0.1, -0.05) is 48.5 Å². The lowest BCUT2D eigenvalue weighted by atomic mass is 10.1. The van der Waals surface area contributed by atoms with Gasteiger partial charge in [0.25, 0.3) is 0 Å². The lowest BCUT2D eigenvalue weighted by Crippen LogP contribution is -2.33. The summed E-state index contributed by atoms with van der Waals surface area (Å²) in [6.45, 7) is 1.79. The summed E-state index contributed by atoms with van der Waals surface area (Å²) in [5.74, 6) is -0.554. The molecule has 1 atom stereocenters. The van der Waals surface area contributed by atoms with Crippen LogP contribution < -0.4 is 0 Å². The second-order valence-electron chi connectivity index (χ2n) is 4.38. The van der Waals surface area contributed by atoms with Gasteiger partial charge in [0.1, 0.15) is 0 Å². The van der Waals surface area contributed by atoms with Crippen LogP contribution in [0.25, 0.3) is 0 Å². The molecule has 0 N–H and O–H groups in total. The lowest BCUT2D eigenvalue weighted by molar-refractivity contribution is 0.0686. The van der Waals surface area contributed by atoms with Crippen LogP contribution in [0.4, 0.5) is 0 Å². The van der Waals surface area contributed by atoms with Crippen LogP contribution in [0.15, 0.2) is 65.6 Å². The number of ether oxygens (including phenoxy) is 1. The van der Waals surface area contributed by atoms with E-state index in [1.54, 1.807) is 55.5 Å². The summed E-state index contributed by atoms with van der Waals surface area (Å²) >= 11 is 0. The normalized spacial score (nSPS) is 12.8. The molecule has 0 aliphatic carbocycles. The highest BCUT2D eigenvalue weighted by molar-refractivity contribution is 7.92. The summed E-state index contributed by atoms with van der Waals surface area (Å²) in [6.07, 6.45) is 0. The Morgan fingerprint density at radius 2 is 1.52 bits per heavy atom. The van der Waals surface area contributed by atoms with Gasteiger partial charge in [-0.2, -0.15) is 0 Å². The van der Waals surface area contributed by atoms with Crippen molar-refractivity contribution in [3.8, 4) is 0 Å². The Kier molecular flexibility index (Phi) is 4.88. The molecule has 2 aromatic carbocycles. The molecule has 0 aliphatic rings. The molecule has 0 aliphatic heterocycles. The zero-order valence-corrected chi connectivity index (χ0v) is 12.4. The molecular formula is C16H16O4S. The standard InChI is InChI=1S/C16H16O4S/c1-2-20-16(15(17)13-9-5-3-6-10-13)21(18,19)14-11-7-4-8-12-14/h3-12,16H,2H2,1H3. The number of rotatable bonds is 6. The van der Waals surface area contributed by atoms with E-state index >= 15 is 0 Å². The van der Waals surface area contributed by atoms with Crippen molar-refractivity contribution >= 4 is 15.6 Å². The molecule has 21 heavy (non-hydrogen) atoms. The molecule has 0 radical (unpaired) electrons. The maximum atomic E-state index is 12.6. The molecule has 4 nitrogen and oxygen atoms in total. The molecule has 0 aromatic heterocycles. The van der Waals surface area contributed by atoms with Gasteiger partial charge in [-0.15, -0.1) is 0 Å². The van der Waals surface area contributed by atoms with E-state index in [9.17, 15) is 13.2 Å². The summed E-state index contributed by atoms with van der Waals surface area (Å²) in [6, 6.07) is 16.2. The summed E-state index contributed by atoms with van der Waals surface area (Å²) in [5.41, 5.74) is -1.21. The predicted octanol–water partition coefficient (Wildman–Crippen LogP) is 2.71. The van der Waals surface area contributed by atoms with E-state index in [1.807, 2.05) is 0 Å². The zero-order chi connectivity index (χ0) is 15.3. The van der Waals surface area contributed by atoms with Crippen LogP contribution in [0.2, 0.25) is 0 Å².